The van der Waals surface area contributed by atoms with Gasteiger partial charge >= 0.3 is 0 Å². The Morgan fingerprint density at radius 1 is 1.24 bits per heavy atom. The lowest BCUT2D eigenvalue weighted by atomic mass is 9.76. The van der Waals surface area contributed by atoms with E-state index in [1.54, 1.807) is 24.0 Å². The van der Waals surface area contributed by atoms with Crippen LogP contribution in [0.25, 0.3) is 10.2 Å². The number of nitrogens with zero attached hydrogens (tertiary/aromatic N) is 2. The van der Waals surface area contributed by atoms with E-state index in [9.17, 15) is 8.78 Å². The van der Waals surface area contributed by atoms with E-state index in [2.05, 4.69) is 41.4 Å². The lowest BCUT2D eigenvalue weighted by molar-refractivity contribution is 0.274. The molecule has 2 N–H and O–H groups in total. The van der Waals surface area contributed by atoms with Crippen LogP contribution in [0.3, 0.4) is 0 Å². The van der Waals surface area contributed by atoms with Crippen LogP contribution in [0.4, 0.5) is 20.2 Å². The first-order chi connectivity index (χ1) is 13.8. The number of thiazole rings is 1. The molecule has 8 heteroatoms. The van der Waals surface area contributed by atoms with E-state index in [-0.39, 0.29) is 21.5 Å². The molecule has 4 nitrogen and oxygen atoms in total. The summed E-state index contributed by atoms with van der Waals surface area (Å²) in [5.74, 6) is -0.789. The Kier molecular flexibility index (Phi) is 4.38. The summed E-state index contributed by atoms with van der Waals surface area (Å²) >= 11 is 3.01. The van der Waals surface area contributed by atoms with Gasteiger partial charge in [0.15, 0.2) is 11.6 Å². The second-order valence-corrected chi connectivity index (χ2v) is 11.0. The number of halogens is 2. The van der Waals surface area contributed by atoms with Crippen LogP contribution in [-0.2, 0) is 6.42 Å². The van der Waals surface area contributed by atoms with Crippen LogP contribution in [0.5, 0.6) is 0 Å². The van der Waals surface area contributed by atoms with Crippen molar-refractivity contribution in [3.8, 4) is 0 Å². The Balaban J connectivity index is 1.51. The summed E-state index contributed by atoms with van der Waals surface area (Å²) in [5, 5.41) is 7.56. The molecule has 2 aliphatic rings. The minimum Gasteiger partial charge on any atom is -0.350 e. The van der Waals surface area contributed by atoms with Gasteiger partial charge < -0.3 is 10.6 Å². The number of hydrogen-bond acceptors (Lipinski definition) is 6. The number of anilines is 2. The molecule has 4 heterocycles. The summed E-state index contributed by atoms with van der Waals surface area (Å²) < 4.78 is 30.0. The van der Waals surface area contributed by atoms with Crippen molar-refractivity contribution in [2.24, 2.45) is 5.92 Å². The van der Waals surface area contributed by atoms with Crippen LogP contribution < -0.4 is 10.6 Å². The van der Waals surface area contributed by atoms with Gasteiger partial charge in [-0.25, -0.2) is 18.7 Å². The first-order valence-corrected chi connectivity index (χ1v) is 11.4. The highest BCUT2D eigenvalue weighted by Crippen LogP contribution is 2.54. The normalized spacial score (nSPS) is 25.5. The molecule has 0 amide bonds. The second kappa shape index (κ2) is 6.62. The molecule has 1 saturated heterocycles. The fourth-order valence-corrected chi connectivity index (χ4v) is 7.25. The maximum Gasteiger partial charge on any atom is 0.176 e. The Morgan fingerprint density at radius 3 is 2.83 bits per heavy atom. The van der Waals surface area contributed by atoms with Crippen molar-refractivity contribution in [3.05, 3.63) is 41.0 Å². The molecule has 152 valence electrons. The van der Waals surface area contributed by atoms with Crippen LogP contribution in [0, 0.1) is 17.6 Å². The molecule has 1 aromatic carbocycles. The molecule has 0 spiro atoms. The van der Waals surface area contributed by atoms with Crippen molar-refractivity contribution in [1.82, 2.24) is 15.3 Å². The highest BCUT2D eigenvalue weighted by molar-refractivity contribution is 8.01. The van der Waals surface area contributed by atoms with E-state index in [0.29, 0.717) is 16.3 Å². The van der Waals surface area contributed by atoms with E-state index in [0.717, 1.165) is 30.0 Å². The van der Waals surface area contributed by atoms with Gasteiger partial charge in [-0.2, -0.15) is 0 Å². The minimum atomic E-state index is -0.652. The van der Waals surface area contributed by atoms with Crippen molar-refractivity contribution < 1.29 is 8.78 Å². The Bertz CT molecular complexity index is 1110. The Hall–Kier alpha value is -1.77. The smallest absolute Gasteiger partial charge is 0.176 e. The molecule has 5 rings (SSSR count). The quantitative estimate of drug-likeness (QED) is 0.572. The van der Waals surface area contributed by atoms with Crippen molar-refractivity contribution in [1.29, 1.82) is 0 Å². The van der Waals surface area contributed by atoms with Gasteiger partial charge in [-0.05, 0) is 58.2 Å². The SMILES string of the molecule is CC1(C)NCC[C@H]1C1(C)Cc2c(Nc3c(F)cc4scnc4c3F)ccnc2S1. The van der Waals surface area contributed by atoms with Crippen LogP contribution in [0.1, 0.15) is 32.8 Å². The first kappa shape index (κ1) is 19.2. The van der Waals surface area contributed by atoms with Crippen LogP contribution in [0.2, 0.25) is 0 Å². The third kappa shape index (κ3) is 3.04. The number of rotatable bonds is 3. The van der Waals surface area contributed by atoms with Crippen molar-refractivity contribution in [2.45, 2.75) is 48.9 Å². The number of benzene rings is 1. The summed E-state index contributed by atoms with van der Waals surface area (Å²) in [6, 6.07) is 3.14. The highest BCUT2D eigenvalue weighted by Gasteiger charge is 2.50. The second-order valence-electron chi connectivity index (χ2n) is 8.59. The molecule has 2 aromatic heterocycles. The molecule has 0 aliphatic carbocycles. The summed E-state index contributed by atoms with van der Waals surface area (Å²) in [6.07, 6.45) is 3.62. The predicted molar refractivity (Wildman–Crippen MR) is 115 cm³/mol. The Labute approximate surface area is 176 Å². The third-order valence-corrected chi connectivity index (χ3v) is 8.49. The fraction of sp³-hybridized carbons (Fsp3) is 0.429. The van der Waals surface area contributed by atoms with Gasteiger partial charge in [-0.15, -0.1) is 11.3 Å². The monoisotopic (exact) mass is 432 g/mol. The van der Waals surface area contributed by atoms with E-state index in [1.807, 2.05) is 0 Å². The zero-order chi connectivity index (χ0) is 20.4. The van der Waals surface area contributed by atoms with Gasteiger partial charge in [0.2, 0.25) is 0 Å². The molecule has 29 heavy (non-hydrogen) atoms. The summed E-state index contributed by atoms with van der Waals surface area (Å²) in [5.41, 5.74) is 3.36. The third-order valence-electron chi connectivity index (χ3n) is 6.27. The number of aromatic nitrogens is 2. The molecule has 0 radical (unpaired) electrons. The fourth-order valence-electron chi connectivity index (χ4n) is 4.92. The summed E-state index contributed by atoms with van der Waals surface area (Å²) in [7, 11) is 0. The zero-order valence-electron chi connectivity index (χ0n) is 16.5. The van der Waals surface area contributed by atoms with Crippen molar-refractivity contribution in [3.63, 3.8) is 0 Å². The topological polar surface area (TPSA) is 49.8 Å². The van der Waals surface area contributed by atoms with Crippen LogP contribution in [-0.4, -0.2) is 26.8 Å². The van der Waals surface area contributed by atoms with Gasteiger partial charge in [0, 0.05) is 27.7 Å². The molecule has 1 unspecified atom stereocenters. The van der Waals surface area contributed by atoms with E-state index >= 15 is 0 Å². The number of nitrogens with one attached hydrogen (secondary N) is 2. The summed E-state index contributed by atoms with van der Waals surface area (Å²) in [6.45, 7) is 7.79. The zero-order valence-corrected chi connectivity index (χ0v) is 18.1. The standard InChI is InChI=1S/C21H22F2N4S2/c1-20(2)15(5-7-26-20)21(3)9-11-13(4-6-24-19(11)29-21)27-17-12(22)8-14-18(16(17)23)25-10-28-14/h4,6,8,10,15,26H,5,7,9H2,1-3H3,(H,24,27)/t15-,21?/m1/s1. The molecule has 0 bridgehead atoms. The number of thioether (sulfide) groups is 1. The van der Waals surface area contributed by atoms with Crippen molar-refractivity contribution in [2.75, 3.05) is 11.9 Å². The number of hydrogen-bond donors (Lipinski definition) is 2. The average molecular weight is 433 g/mol. The van der Waals surface area contributed by atoms with E-state index in [1.165, 1.54) is 22.9 Å². The molecule has 0 saturated carbocycles. The Morgan fingerprint density at radius 2 is 2.07 bits per heavy atom. The molecular weight excluding hydrogens is 410 g/mol. The average Bonchev–Trinajstić information content (AvgIpc) is 3.35. The minimum absolute atomic E-state index is 0.0178. The van der Waals surface area contributed by atoms with Crippen LogP contribution in [0.15, 0.2) is 28.9 Å². The molecular formula is C21H22F2N4S2. The summed E-state index contributed by atoms with van der Waals surface area (Å²) in [4.78, 5) is 8.61. The molecule has 3 aromatic rings. The van der Waals surface area contributed by atoms with Gasteiger partial charge in [0.1, 0.15) is 16.2 Å². The van der Waals surface area contributed by atoms with Gasteiger partial charge in [0.25, 0.3) is 0 Å². The van der Waals surface area contributed by atoms with E-state index < -0.39 is 11.6 Å². The maximum atomic E-state index is 14.9. The van der Waals surface area contributed by atoms with E-state index in [4.69, 9.17) is 0 Å². The number of fused-ring (bicyclic) bond motifs is 2. The predicted octanol–water partition coefficient (Wildman–Crippen LogP) is 5.51. The maximum absolute atomic E-state index is 14.9. The highest BCUT2D eigenvalue weighted by atomic mass is 32.2. The lowest BCUT2D eigenvalue weighted by Gasteiger charge is -2.39. The molecule has 2 atom stereocenters. The van der Waals surface area contributed by atoms with Crippen molar-refractivity contribution >= 4 is 44.7 Å². The largest absolute Gasteiger partial charge is 0.350 e. The van der Waals surface area contributed by atoms with Gasteiger partial charge in [0.05, 0.1) is 10.2 Å². The molecule has 2 aliphatic heterocycles. The lowest BCUT2D eigenvalue weighted by Crippen LogP contribution is -2.47. The van der Waals surface area contributed by atoms with Gasteiger partial charge in [-0.3, -0.25) is 0 Å². The van der Waals surface area contributed by atoms with Gasteiger partial charge in [-0.1, -0.05) is 11.8 Å². The molecule has 1 fully saturated rings. The first-order valence-electron chi connectivity index (χ1n) is 9.69. The van der Waals surface area contributed by atoms with Crippen LogP contribution >= 0.6 is 23.1 Å². The number of pyridine rings is 1.